The Bertz CT molecular complexity index is 1090. The highest BCUT2D eigenvalue weighted by molar-refractivity contribution is 5.88. The van der Waals surface area contributed by atoms with E-state index in [-0.39, 0.29) is 24.4 Å². The number of carbonyl (C=O) groups excluding carboxylic acids is 2. The molecular formula is C25H28N2O4. The summed E-state index contributed by atoms with van der Waals surface area (Å²) in [6.45, 7) is 0.591. The third kappa shape index (κ3) is 3.95. The average molecular weight is 421 g/mol. The van der Waals surface area contributed by atoms with Gasteiger partial charge in [0, 0.05) is 43.0 Å². The molecule has 0 aliphatic carbocycles. The number of benzene rings is 2. The van der Waals surface area contributed by atoms with Gasteiger partial charge in [-0.1, -0.05) is 48.5 Å². The Hall–Kier alpha value is -3.12. The van der Waals surface area contributed by atoms with Gasteiger partial charge in [0.25, 0.3) is 0 Å². The van der Waals surface area contributed by atoms with Crippen LogP contribution in [-0.2, 0) is 39.1 Å². The zero-order chi connectivity index (χ0) is 22.0. The molecule has 0 radical (unpaired) electrons. The van der Waals surface area contributed by atoms with Gasteiger partial charge < -0.3 is 14.0 Å². The molecule has 162 valence electrons. The average Bonchev–Trinajstić information content (AvgIpc) is 3.09. The lowest BCUT2D eigenvalue weighted by Gasteiger charge is -2.41. The van der Waals surface area contributed by atoms with Crippen LogP contribution in [0.2, 0.25) is 0 Å². The standard InChI is InChI=1S/C25H28N2O4/c1-26-20-12-8-7-11-18(20)19-15-22(25(29)31-3)27(16-17-9-5-4-6-10-17)21(24(19)26)13-14-23(28)30-2/h4-12,21-22H,13-16H2,1-3H3/t21-,22-/m1/s1. The molecule has 0 unspecified atom stereocenters. The minimum Gasteiger partial charge on any atom is -0.469 e. The van der Waals surface area contributed by atoms with E-state index in [1.165, 1.54) is 14.2 Å². The van der Waals surface area contributed by atoms with Crippen LogP contribution in [-0.4, -0.2) is 41.7 Å². The first-order valence-corrected chi connectivity index (χ1v) is 10.6. The largest absolute Gasteiger partial charge is 0.469 e. The first-order valence-electron chi connectivity index (χ1n) is 10.6. The van der Waals surface area contributed by atoms with E-state index >= 15 is 0 Å². The van der Waals surface area contributed by atoms with Crippen LogP contribution < -0.4 is 0 Å². The van der Waals surface area contributed by atoms with Crippen LogP contribution in [0.15, 0.2) is 54.6 Å². The molecule has 1 aliphatic rings. The summed E-state index contributed by atoms with van der Waals surface area (Å²) in [5, 5.41) is 1.15. The summed E-state index contributed by atoms with van der Waals surface area (Å²) < 4.78 is 12.3. The third-order valence-corrected chi connectivity index (χ3v) is 6.31. The number of nitrogens with zero attached hydrogens (tertiary/aromatic N) is 2. The first-order chi connectivity index (χ1) is 15.0. The van der Waals surface area contributed by atoms with Gasteiger partial charge in [-0.25, -0.2) is 0 Å². The van der Waals surface area contributed by atoms with Crippen molar-refractivity contribution < 1.29 is 19.1 Å². The minimum absolute atomic E-state index is 0.121. The number of methoxy groups -OCH3 is 2. The van der Waals surface area contributed by atoms with E-state index in [9.17, 15) is 9.59 Å². The molecule has 0 spiro atoms. The maximum absolute atomic E-state index is 12.9. The molecule has 6 heteroatoms. The lowest BCUT2D eigenvalue weighted by Crippen LogP contribution is -2.48. The Balaban J connectivity index is 1.84. The molecule has 6 nitrogen and oxygen atoms in total. The van der Waals surface area contributed by atoms with E-state index in [0.717, 1.165) is 27.7 Å². The summed E-state index contributed by atoms with van der Waals surface area (Å²) in [7, 11) is 4.90. The van der Waals surface area contributed by atoms with Crippen LogP contribution in [0.1, 0.15) is 35.7 Å². The molecule has 2 aromatic carbocycles. The van der Waals surface area contributed by atoms with Gasteiger partial charge in [0.1, 0.15) is 6.04 Å². The van der Waals surface area contributed by atoms with Gasteiger partial charge in [0.2, 0.25) is 0 Å². The summed E-state index contributed by atoms with van der Waals surface area (Å²) >= 11 is 0. The maximum Gasteiger partial charge on any atom is 0.323 e. The molecule has 1 aromatic heterocycles. The second-order valence-electron chi connectivity index (χ2n) is 7.97. The fraction of sp³-hybridized carbons (Fsp3) is 0.360. The third-order valence-electron chi connectivity index (χ3n) is 6.31. The summed E-state index contributed by atoms with van der Waals surface area (Å²) in [4.78, 5) is 27.1. The molecule has 0 fully saturated rings. The number of hydrogen-bond donors (Lipinski definition) is 0. The Morgan fingerprint density at radius 1 is 1.00 bits per heavy atom. The number of aryl methyl sites for hydroxylation is 1. The van der Waals surface area contributed by atoms with Gasteiger partial charge in [-0.15, -0.1) is 0 Å². The lowest BCUT2D eigenvalue weighted by atomic mass is 9.88. The van der Waals surface area contributed by atoms with Gasteiger partial charge in [0.15, 0.2) is 0 Å². The lowest BCUT2D eigenvalue weighted by molar-refractivity contribution is -0.149. The van der Waals surface area contributed by atoms with Crippen molar-refractivity contribution >= 4 is 22.8 Å². The number of hydrogen-bond acceptors (Lipinski definition) is 5. The number of esters is 2. The van der Waals surface area contributed by atoms with Crippen LogP contribution in [0.4, 0.5) is 0 Å². The Morgan fingerprint density at radius 3 is 2.42 bits per heavy atom. The molecule has 1 aliphatic heterocycles. The van der Waals surface area contributed by atoms with Crippen molar-refractivity contribution in [1.82, 2.24) is 9.47 Å². The Labute approximate surface area is 182 Å². The summed E-state index contributed by atoms with van der Waals surface area (Å²) in [5.41, 5.74) is 4.55. The number of fused-ring (bicyclic) bond motifs is 3. The zero-order valence-electron chi connectivity index (χ0n) is 18.2. The molecular weight excluding hydrogens is 392 g/mol. The number of rotatable bonds is 6. The highest BCUT2D eigenvalue weighted by Gasteiger charge is 2.41. The maximum atomic E-state index is 12.9. The number of carbonyl (C=O) groups is 2. The predicted octanol–water partition coefficient (Wildman–Crippen LogP) is 3.77. The Morgan fingerprint density at radius 2 is 1.71 bits per heavy atom. The SMILES string of the molecule is COC(=O)CC[C@@H]1c2c(c3ccccc3n2C)C[C@H](C(=O)OC)N1Cc1ccccc1. The van der Waals surface area contributed by atoms with E-state index in [2.05, 4.69) is 40.8 Å². The zero-order valence-corrected chi connectivity index (χ0v) is 18.2. The van der Waals surface area contributed by atoms with E-state index in [1.807, 2.05) is 30.3 Å². The molecule has 4 rings (SSSR count). The highest BCUT2D eigenvalue weighted by atomic mass is 16.5. The minimum atomic E-state index is -0.425. The normalized spacial score (nSPS) is 18.5. The fourth-order valence-electron chi connectivity index (χ4n) is 4.84. The number of ether oxygens (including phenoxy) is 2. The van der Waals surface area contributed by atoms with Crippen LogP contribution in [0, 0.1) is 0 Å². The summed E-state index contributed by atoms with van der Waals surface area (Å²) in [6.07, 6.45) is 1.41. The van der Waals surface area contributed by atoms with Gasteiger partial charge in [-0.05, 0) is 23.6 Å². The highest BCUT2D eigenvalue weighted by Crippen LogP contribution is 2.42. The molecule has 2 heterocycles. The second-order valence-corrected chi connectivity index (χ2v) is 7.97. The van der Waals surface area contributed by atoms with Crippen LogP contribution in [0.3, 0.4) is 0 Å². The number of para-hydroxylation sites is 1. The predicted molar refractivity (Wildman–Crippen MR) is 118 cm³/mol. The molecule has 0 bridgehead atoms. The molecule has 0 saturated carbocycles. The molecule has 0 amide bonds. The van der Waals surface area contributed by atoms with E-state index in [4.69, 9.17) is 9.47 Å². The monoisotopic (exact) mass is 420 g/mol. The molecule has 0 saturated heterocycles. The van der Waals surface area contributed by atoms with Crippen LogP contribution in [0.5, 0.6) is 0 Å². The quantitative estimate of drug-likeness (QED) is 0.568. The number of aromatic nitrogens is 1. The van der Waals surface area contributed by atoms with Gasteiger partial charge in [-0.2, -0.15) is 0 Å². The summed E-state index contributed by atoms with van der Waals surface area (Å²) in [5.74, 6) is -0.502. The second kappa shape index (κ2) is 8.94. The summed E-state index contributed by atoms with van der Waals surface area (Å²) in [6, 6.07) is 17.8. The smallest absolute Gasteiger partial charge is 0.323 e. The van der Waals surface area contributed by atoms with Gasteiger partial charge >= 0.3 is 11.9 Å². The molecule has 31 heavy (non-hydrogen) atoms. The van der Waals surface area contributed by atoms with E-state index in [0.29, 0.717) is 19.4 Å². The van der Waals surface area contributed by atoms with Crippen molar-refractivity contribution in [3.8, 4) is 0 Å². The van der Waals surface area contributed by atoms with Gasteiger partial charge in [0.05, 0.1) is 20.3 Å². The van der Waals surface area contributed by atoms with Crippen LogP contribution >= 0.6 is 0 Å². The topological polar surface area (TPSA) is 60.8 Å². The van der Waals surface area contributed by atoms with Crippen molar-refractivity contribution in [3.63, 3.8) is 0 Å². The van der Waals surface area contributed by atoms with Crippen molar-refractivity contribution in [1.29, 1.82) is 0 Å². The first kappa shape index (κ1) is 21.1. The fourth-order valence-corrected chi connectivity index (χ4v) is 4.84. The molecule has 3 aromatic rings. The van der Waals surface area contributed by atoms with Crippen molar-refractivity contribution in [2.24, 2.45) is 7.05 Å². The molecule has 0 N–H and O–H groups in total. The van der Waals surface area contributed by atoms with Crippen molar-refractivity contribution in [3.05, 3.63) is 71.4 Å². The Kier molecular flexibility index (Phi) is 6.09. The van der Waals surface area contributed by atoms with Gasteiger partial charge in [-0.3, -0.25) is 14.5 Å². The van der Waals surface area contributed by atoms with E-state index in [1.54, 1.807) is 0 Å². The van der Waals surface area contributed by atoms with Crippen LogP contribution in [0.25, 0.3) is 10.9 Å². The van der Waals surface area contributed by atoms with Crippen molar-refractivity contribution in [2.45, 2.75) is 37.9 Å². The van der Waals surface area contributed by atoms with E-state index < -0.39 is 6.04 Å². The molecule has 2 atom stereocenters. The van der Waals surface area contributed by atoms with Crippen molar-refractivity contribution in [2.75, 3.05) is 14.2 Å².